The maximum atomic E-state index is 12.3. The second-order valence-electron chi connectivity index (χ2n) is 7.94. The highest BCUT2D eigenvalue weighted by molar-refractivity contribution is 5.93. The Bertz CT molecular complexity index is 941. The van der Waals surface area contributed by atoms with E-state index in [1.54, 1.807) is 0 Å². The van der Waals surface area contributed by atoms with Gasteiger partial charge in [0.2, 0.25) is 5.91 Å². The van der Waals surface area contributed by atoms with Gasteiger partial charge in [-0.05, 0) is 60.5 Å². The molecule has 0 heterocycles. The van der Waals surface area contributed by atoms with Crippen molar-refractivity contribution in [1.82, 2.24) is 0 Å². The van der Waals surface area contributed by atoms with Gasteiger partial charge in [-0.25, -0.2) is 0 Å². The maximum absolute atomic E-state index is 12.3. The Morgan fingerprint density at radius 3 is 2.03 bits per heavy atom. The van der Waals surface area contributed by atoms with Gasteiger partial charge >= 0.3 is 0 Å². The van der Waals surface area contributed by atoms with Crippen LogP contribution in [-0.4, -0.2) is 25.7 Å². The predicted octanol–water partition coefficient (Wildman–Crippen LogP) is 6.32. The molecule has 33 heavy (non-hydrogen) atoms. The van der Waals surface area contributed by atoms with E-state index in [-0.39, 0.29) is 12.5 Å². The molecule has 0 aliphatic carbocycles. The Morgan fingerprint density at radius 1 is 0.727 bits per heavy atom. The highest BCUT2D eigenvalue weighted by Gasteiger charge is 2.04. The summed E-state index contributed by atoms with van der Waals surface area (Å²) in [7, 11) is 0. The first-order valence-electron chi connectivity index (χ1n) is 11.8. The summed E-state index contributed by atoms with van der Waals surface area (Å²) in [5.74, 6) is 1.53. The molecule has 0 aliphatic heterocycles. The molecular formula is C28H34N2O3. The van der Waals surface area contributed by atoms with Crippen LogP contribution in [0.15, 0.2) is 78.9 Å². The molecule has 0 saturated carbocycles. The van der Waals surface area contributed by atoms with Crippen molar-refractivity contribution in [3.05, 3.63) is 84.4 Å². The highest BCUT2D eigenvalue weighted by Crippen LogP contribution is 2.18. The zero-order valence-corrected chi connectivity index (χ0v) is 19.4. The van der Waals surface area contributed by atoms with E-state index in [1.165, 1.54) is 24.8 Å². The van der Waals surface area contributed by atoms with Gasteiger partial charge in [-0.1, -0.05) is 56.5 Å². The second kappa shape index (κ2) is 13.8. The number of anilines is 2. The van der Waals surface area contributed by atoms with E-state index in [1.807, 2.05) is 66.7 Å². The predicted molar refractivity (Wildman–Crippen MR) is 135 cm³/mol. The van der Waals surface area contributed by atoms with Crippen molar-refractivity contribution >= 4 is 17.3 Å². The van der Waals surface area contributed by atoms with Crippen LogP contribution < -0.4 is 20.1 Å². The Kier molecular flexibility index (Phi) is 10.1. The third kappa shape index (κ3) is 9.27. The molecule has 0 bridgehead atoms. The number of carbonyl (C=O) groups excluding carboxylic acids is 1. The zero-order chi connectivity index (χ0) is 23.1. The summed E-state index contributed by atoms with van der Waals surface area (Å²) >= 11 is 0. The average molecular weight is 447 g/mol. The minimum absolute atomic E-state index is 0.107. The second-order valence-corrected chi connectivity index (χ2v) is 7.94. The Hall–Kier alpha value is -3.47. The Balaban J connectivity index is 1.33. The molecule has 0 atom stereocenters. The number of nitrogens with one attached hydrogen (secondary N) is 2. The molecule has 3 aromatic rings. The summed E-state index contributed by atoms with van der Waals surface area (Å²) in [6, 6.07) is 25.4. The molecule has 174 valence electrons. The molecule has 0 radical (unpaired) electrons. The van der Waals surface area contributed by atoms with Crippen LogP contribution in [0.3, 0.4) is 0 Å². The van der Waals surface area contributed by atoms with Crippen LogP contribution in [0.1, 0.15) is 38.2 Å². The van der Waals surface area contributed by atoms with Gasteiger partial charge in [-0.3, -0.25) is 4.79 Å². The fourth-order valence-corrected chi connectivity index (χ4v) is 3.34. The van der Waals surface area contributed by atoms with Gasteiger partial charge in [0.1, 0.15) is 11.5 Å². The molecule has 2 N–H and O–H groups in total. The van der Waals surface area contributed by atoms with E-state index in [2.05, 4.69) is 29.7 Å². The maximum Gasteiger partial charge on any atom is 0.243 e. The molecule has 5 nitrogen and oxygen atoms in total. The van der Waals surface area contributed by atoms with Crippen LogP contribution in [0.25, 0.3) is 0 Å². The number of hydrogen-bond donors (Lipinski definition) is 2. The van der Waals surface area contributed by atoms with Crippen molar-refractivity contribution in [3.8, 4) is 11.5 Å². The lowest BCUT2D eigenvalue weighted by atomic mass is 10.2. The fraction of sp³-hybridized carbons (Fsp3) is 0.321. The van der Waals surface area contributed by atoms with E-state index in [0.29, 0.717) is 6.61 Å². The number of unbranched alkanes of at least 4 members (excludes halogenated alkanes) is 3. The lowest BCUT2D eigenvalue weighted by molar-refractivity contribution is -0.114. The molecule has 5 heteroatoms. The van der Waals surface area contributed by atoms with E-state index in [4.69, 9.17) is 9.47 Å². The van der Waals surface area contributed by atoms with Crippen molar-refractivity contribution in [2.75, 3.05) is 30.4 Å². The number of rotatable bonds is 14. The molecule has 1 amide bonds. The minimum Gasteiger partial charge on any atom is -0.494 e. The van der Waals surface area contributed by atoms with Crippen molar-refractivity contribution < 1.29 is 14.3 Å². The van der Waals surface area contributed by atoms with Gasteiger partial charge in [-0.15, -0.1) is 0 Å². The van der Waals surface area contributed by atoms with Crippen LogP contribution >= 0.6 is 0 Å². The highest BCUT2D eigenvalue weighted by atomic mass is 16.5. The van der Waals surface area contributed by atoms with Crippen LogP contribution in [0.5, 0.6) is 11.5 Å². The molecule has 0 unspecified atom stereocenters. The summed E-state index contributed by atoms with van der Waals surface area (Å²) < 4.78 is 11.5. The fourth-order valence-electron chi connectivity index (χ4n) is 3.34. The largest absolute Gasteiger partial charge is 0.494 e. The summed E-state index contributed by atoms with van der Waals surface area (Å²) in [5.41, 5.74) is 2.87. The Morgan fingerprint density at radius 2 is 1.36 bits per heavy atom. The zero-order valence-electron chi connectivity index (χ0n) is 19.4. The normalized spacial score (nSPS) is 10.5. The number of carbonyl (C=O) groups is 1. The summed E-state index contributed by atoms with van der Waals surface area (Å²) in [6.45, 7) is 3.74. The monoisotopic (exact) mass is 446 g/mol. The summed E-state index contributed by atoms with van der Waals surface area (Å²) in [4.78, 5) is 12.3. The quantitative estimate of drug-likeness (QED) is 0.285. The van der Waals surface area contributed by atoms with Gasteiger partial charge < -0.3 is 20.1 Å². The van der Waals surface area contributed by atoms with Crippen molar-refractivity contribution in [1.29, 1.82) is 0 Å². The van der Waals surface area contributed by atoms with Gasteiger partial charge in [-0.2, -0.15) is 0 Å². The first-order valence-corrected chi connectivity index (χ1v) is 11.8. The molecule has 0 saturated heterocycles. The molecular weight excluding hydrogens is 412 g/mol. The summed E-state index contributed by atoms with van der Waals surface area (Å²) in [5, 5.41) is 6.03. The molecule has 3 aromatic carbocycles. The van der Waals surface area contributed by atoms with Gasteiger partial charge in [0.15, 0.2) is 0 Å². The minimum atomic E-state index is -0.107. The third-order valence-electron chi connectivity index (χ3n) is 5.21. The smallest absolute Gasteiger partial charge is 0.243 e. The first-order chi connectivity index (χ1) is 16.2. The third-order valence-corrected chi connectivity index (χ3v) is 5.21. The molecule has 0 aliphatic rings. The van der Waals surface area contributed by atoms with E-state index >= 15 is 0 Å². The van der Waals surface area contributed by atoms with Crippen LogP contribution in [0.4, 0.5) is 11.4 Å². The van der Waals surface area contributed by atoms with Crippen molar-refractivity contribution in [2.45, 2.75) is 39.0 Å². The van der Waals surface area contributed by atoms with E-state index < -0.39 is 0 Å². The van der Waals surface area contributed by atoms with Gasteiger partial charge in [0.25, 0.3) is 0 Å². The topological polar surface area (TPSA) is 59.6 Å². The lowest BCUT2D eigenvalue weighted by Crippen LogP contribution is -2.21. The Labute approximate surface area is 197 Å². The lowest BCUT2D eigenvalue weighted by Gasteiger charge is -2.10. The summed E-state index contributed by atoms with van der Waals surface area (Å²) in [6.07, 6.45) is 5.62. The number of amides is 1. The standard InChI is InChI=1S/C28H34N2O3/c1-2-3-4-8-20-32-26-15-11-24(12-16-26)29-22-28(31)30-25-13-17-27(18-14-25)33-21-19-23-9-6-5-7-10-23/h5-7,9-18,29H,2-4,8,19-22H2,1H3,(H,30,31). The SMILES string of the molecule is CCCCCCOc1ccc(NCC(=O)Nc2ccc(OCCc3ccccc3)cc2)cc1. The molecule has 0 fully saturated rings. The van der Waals surface area contributed by atoms with Crippen molar-refractivity contribution in [2.24, 2.45) is 0 Å². The number of benzene rings is 3. The van der Waals surface area contributed by atoms with Crippen LogP contribution in [0, 0.1) is 0 Å². The molecule has 3 rings (SSSR count). The van der Waals surface area contributed by atoms with Gasteiger partial charge in [0, 0.05) is 17.8 Å². The van der Waals surface area contributed by atoms with Crippen LogP contribution in [0.2, 0.25) is 0 Å². The average Bonchev–Trinajstić information content (AvgIpc) is 2.85. The van der Waals surface area contributed by atoms with E-state index in [0.717, 1.165) is 42.3 Å². The first kappa shape index (κ1) is 24.2. The van der Waals surface area contributed by atoms with Crippen LogP contribution in [-0.2, 0) is 11.2 Å². The molecule has 0 spiro atoms. The number of ether oxygens (including phenoxy) is 2. The van der Waals surface area contributed by atoms with E-state index in [9.17, 15) is 4.79 Å². The van der Waals surface area contributed by atoms with Gasteiger partial charge in [0.05, 0.1) is 19.8 Å². The molecule has 0 aromatic heterocycles. The van der Waals surface area contributed by atoms with Crippen molar-refractivity contribution in [3.63, 3.8) is 0 Å². The number of hydrogen-bond acceptors (Lipinski definition) is 4.